The number of nitrogens with two attached hydrogens (primary N) is 1. The van der Waals surface area contributed by atoms with Gasteiger partial charge >= 0.3 is 0 Å². The molecule has 18 heavy (non-hydrogen) atoms. The Kier molecular flexibility index (Phi) is 4.77. The zero-order valence-electron chi connectivity index (χ0n) is 11.4. The van der Waals surface area contributed by atoms with E-state index in [-0.39, 0.29) is 11.9 Å². The molecule has 4 heteroatoms. The van der Waals surface area contributed by atoms with Gasteiger partial charge in [0, 0.05) is 12.1 Å². The third kappa shape index (κ3) is 3.03. The summed E-state index contributed by atoms with van der Waals surface area (Å²) in [5.74, 6) is -0.0718. The van der Waals surface area contributed by atoms with E-state index in [0.717, 1.165) is 5.56 Å². The molecule has 2 unspecified atom stereocenters. The molecule has 2 N–H and O–H groups in total. The number of rotatable bonds is 4. The molecule has 3 nitrogen and oxygen atoms in total. The van der Waals surface area contributed by atoms with E-state index in [9.17, 15) is 4.79 Å². The van der Waals surface area contributed by atoms with E-state index in [1.807, 2.05) is 38.1 Å². The van der Waals surface area contributed by atoms with Gasteiger partial charge in [0.15, 0.2) is 0 Å². The first kappa shape index (κ1) is 15.0. The van der Waals surface area contributed by atoms with Crippen LogP contribution in [-0.4, -0.2) is 23.4 Å². The van der Waals surface area contributed by atoms with Crippen LogP contribution in [0.15, 0.2) is 24.3 Å². The maximum absolute atomic E-state index is 12.3. The minimum atomic E-state index is -0.829. The predicted octanol–water partition coefficient (Wildman–Crippen LogP) is 2.99. The Labute approximate surface area is 114 Å². The van der Waals surface area contributed by atoms with Crippen LogP contribution >= 0.6 is 11.6 Å². The largest absolute Gasteiger partial charge is 0.337 e. The van der Waals surface area contributed by atoms with Crippen LogP contribution in [-0.2, 0) is 4.79 Å². The summed E-state index contributed by atoms with van der Waals surface area (Å²) in [5, 5.41) is 0.667. The molecule has 0 fully saturated rings. The van der Waals surface area contributed by atoms with Crippen molar-refractivity contribution in [1.29, 1.82) is 0 Å². The highest BCUT2D eigenvalue weighted by Crippen LogP contribution is 2.27. The highest BCUT2D eigenvalue weighted by molar-refractivity contribution is 6.31. The second-order valence-electron chi connectivity index (χ2n) is 4.88. The van der Waals surface area contributed by atoms with Gasteiger partial charge in [-0.05, 0) is 31.9 Å². The molecule has 1 aromatic carbocycles. The third-order valence-electron chi connectivity index (χ3n) is 3.48. The van der Waals surface area contributed by atoms with Gasteiger partial charge in [-0.3, -0.25) is 4.79 Å². The van der Waals surface area contributed by atoms with Crippen molar-refractivity contribution in [3.63, 3.8) is 0 Å². The topological polar surface area (TPSA) is 46.3 Å². The first-order chi connectivity index (χ1) is 8.31. The quantitative estimate of drug-likeness (QED) is 0.913. The molecule has 2 atom stereocenters. The molecule has 0 saturated heterocycles. The average Bonchev–Trinajstić information content (AvgIpc) is 2.36. The summed E-state index contributed by atoms with van der Waals surface area (Å²) in [6.45, 7) is 5.61. The predicted molar refractivity (Wildman–Crippen MR) is 75.5 cm³/mol. The molecule has 1 rings (SSSR count). The zero-order valence-corrected chi connectivity index (χ0v) is 12.2. The standard InChI is InChI=1S/C14H21ClN2O/c1-5-14(3,16)13(18)17(4)10(2)11-8-6-7-9-12(11)15/h6-10H,5,16H2,1-4H3. The summed E-state index contributed by atoms with van der Waals surface area (Å²) in [7, 11) is 1.76. The number of benzene rings is 1. The first-order valence-electron chi connectivity index (χ1n) is 6.11. The Morgan fingerprint density at radius 2 is 2.06 bits per heavy atom. The lowest BCUT2D eigenvalue weighted by molar-refractivity contribution is -0.137. The van der Waals surface area contributed by atoms with Gasteiger partial charge < -0.3 is 10.6 Å². The Morgan fingerprint density at radius 3 is 2.56 bits per heavy atom. The van der Waals surface area contributed by atoms with Crippen LogP contribution in [0, 0.1) is 0 Å². The van der Waals surface area contributed by atoms with Crippen molar-refractivity contribution in [3.05, 3.63) is 34.9 Å². The number of nitrogens with zero attached hydrogens (tertiary/aromatic N) is 1. The molecule has 0 aliphatic carbocycles. The monoisotopic (exact) mass is 268 g/mol. The van der Waals surface area contributed by atoms with Gasteiger partial charge in [-0.25, -0.2) is 0 Å². The van der Waals surface area contributed by atoms with Gasteiger partial charge in [-0.15, -0.1) is 0 Å². The van der Waals surface area contributed by atoms with Crippen LogP contribution in [0.4, 0.5) is 0 Å². The van der Waals surface area contributed by atoms with Crippen molar-refractivity contribution < 1.29 is 4.79 Å². The summed E-state index contributed by atoms with van der Waals surface area (Å²) in [6, 6.07) is 7.45. The number of likely N-dealkylation sites (N-methyl/N-ethyl adjacent to an activating group) is 1. The fraction of sp³-hybridized carbons (Fsp3) is 0.500. The molecule has 1 aromatic rings. The normalized spacial score (nSPS) is 15.9. The molecule has 0 heterocycles. The molecule has 0 saturated carbocycles. The number of carbonyl (C=O) groups is 1. The lowest BCUT2D eigenvalue weighted by Gasteiger charge is -2.33. The molecule has 100 valence electrons. The van der Waals surface area contributed by atoms with E-state index < -0.39 is 5.54 Å². The van der Waals surface area contributed by atoms with Crippen molar-refractivity contribution in [3.8, 4) is 0 Å². The number of hydrogen-bond donors (Lipinski definition) is 1. The number of carbonyl (C=O) groups excluding carboxylic acids is 1. The smallest absolute Gasteiger partial charge is 0.242 e. The molecule has 0 aromatic heterocycles. The van der Waals surface area contributed by atoms with Gasteiger partial charge in [0.25, 0.3) is 0 Å². The molecule has 0 bridgehead atoms. The molecular formula is C14H21ClN2O. The van der Waals surface area contributed by atoms with E-state index in [1.165, 1.54) is 0 Å². The number of hydrogen-bond acceptors (Lipinski definition) is 2. The van der Waals surface area contributed by atoms with Crippen LogP contribution in [0.5, 0.6) is 0 Å². The van der Waals surface area contributed by atoms with Crippen LogP contribution in [0.25, 0.3) is 0 Å². The molecule has 0 aliphatic rings. The summed E-state index contributed by atoms with van der Waals surface area (Å²) in [5.41, 5.74) is 6.09. The van der Waals surface area contributed by atoms with Gasteiger partial charge in [0.2, 0.25) is 5.91 Å². The molecule has 0 spiro atoms. The van der Waals surface area contributed by atoms with Crippen LogP contribution in [0.2, 0.25) is 5.02 Å². The lowest BCUT2D eigenvalue weighted by Crippen LogP contribution is -2.52. The fourth-order valence-corrected chi connectivity index (χ4v) is 2.05. The SMILES string of the molecule is CCC(C)(N)C(=O)N(C)C(C)c1ccccc1Cl. The van der Waals surface area contributed by atoms with Crippen molar-refractivity contribution in [1.82, 2.24) is 4.90 Å². The van der Waals surface area contributed by atoms with E-state index in [0.29, 0.717) is 11.4 Å². The van der Waals surface area contributed by atoms with Crippen LogP contribution < -0.4 is 5.73 Å². The minimum Gasteiger partial charge on any atom is -0.337 e. The Hall–Kier alpha value is -1.06. The van der Waals surface area contributed by atoms with E-state index in [4.69, 9.17) is 17.3 Å². The highest BCUT2D eigenvalue weighted by Gasteiger charge is 2.31. The first-order valence-corrected chi connectivity index (χ1v) is 6.49. The van der Waals surface area contributed by atoms with Crippen LogP contribution in [0.3, 0.4) is 0 Å². The molecule has 0 radical (unpaired) electrons. The van der Waals surface area contributed by atoms with Crippen LogP contribution in [0.1, 0.15) is 38.8 Å². The summed E-state index contributed by atoms with van der Waals surface area (Å²) < 4.78 is 0. The molecule has 0 aliphatic heterocycles. The Balaban J connectivity index is 2.95. The van der Waals surface area contributed by atoms with Gasteiger partial charge in [0.05, 0.1) is 11.6 Å². The average molecular weight is 269 g/mol. The van der Waals surface area contributed by atoms with Gasteiger partial charge in [0.1, 0.15) is 0 Å². The fourth-order valence-electron chi connectivity index (χ4n) is 1.75. The Morgan fingerprint density at radius 1 is 1.50 bits per heavy atom. The maximum Gasteiger partial charge on any atom is 0.242 e. The second-order valence-corrected chi connectivity index (χ2v) is 5.29. The summed E-state index contributed by atoms with van der Waals surface area (Å²) >= 11 is 6.15. The second kappa shape index (κ2) is 5.72. The van der Waals surface area contributed by atoms with Gasteiger partial charge in [-0.1, -0.05) is 36.7 Å². The Bertz CT molecular complexity index is 432. The maximum atomic E-state index is 12.3. The lowest BCUT2D eigenvalue weighted by atomic mass is 9.97. The number of halogens is 1. The van der Waals surface area contributed by atoms with E-state index >= 15 is 0 Å². The highest BCUT2D eigenvalue weighted by atomic mass is 35.5. The minimum absolute atomic E-state index is 0.0718. The molecule has 1 amide bonds. The van der Waals surface area contributed by atoms with E-state index in [1.54, 1.807) is 18.9 Å². The van der Waals surface area contributed by atoms with E-state index in [2.05, 4.69) is 0 Å². The van der Waals surface area contributed by atoms with Crippen molar-refractivity contribution in [2.45, 2.75) is 38.8 Å². The van der Waals surface area contributed by atoms with Gasteiger partial charge in [-0.2, -0.15) is 0 Å². The zero-order chi connectivity index (χ0) is 13.9. The van der Waals surface area contributed by atoms with Crippen molar-refractivity contribution in [2.24, 2.45) is 5.73 Å². The summed E-state index contributed by atoms with van der Waals surface area (Å²) in [6.07, 6.45) is 0.603. The van der Waals surface area contributed by atoms with Crippen molar-refractivity contribution in [2.75, 3.05) is 7.05 Å². The third-order valence-corrected chi connectivity index (χ3v) is 3.82. The summed E-state index contributed by atoms with van der Waals surface area (Å²) in [4.78, 5) is 13.9. The number of amides is 1. The van der Waals surface area contributed by atoms with Crippen molar-refractivity contribution >= 4 is 17.5 Å². The molecular weight excluding hydrogens is 248 g/mol.